The molecule has 0 unspecified atom stereocenters. The molecule has 1 N–H and O–H groups in total. The van der Waals surface area contributed by atoms with Crippen LogP contribution in [0.5, 0.6) is 5.88 Å². The zero-order valence-corrected chi connectivity index (χ0v) is 8.92. The second kappa shape index (κ2) is 5.66. The summed E-state index contributed by atoms with van der Waals surface area (Å²) in [4.78, 5) is 7.97. The number of hydrogen-bond donors (Lipinski definition) is 1. The Labute approximate surface area is 105 Å². The minimum atomic E-state index is -0.288. The van der Waals surface area contributed by atoms with Gasteiger partial charge in [-0.15, -0.1) is 0 Å². The topological polar surface area (TPSA) is 69.1 Å². The van der Waals surface area contributed by atoms with Crippen LogP contribution in [0.1, 0.15) is 5.69 Å². The van der Waals surface area contributed by atoms with E-state index in [1.807, 2.05) is 0 Å². The van der Waals surface area contributed by atoms with Gasteiger partial charge in [-0.25, -0.2) is 4.98 Å². The molecule has 0 fully saturated rings. The van der Waals surface area contributed by atoms with E-state index in [1.165, 1.54) is 6.07 Å². The smallest absolute Gasteiger partial charge is 0.859 e. The molecule has 4 nitrogen and oxygen atoms in total. The second-order valence-corrected chi connectivity index (χ2v) is 3.03. The van der Waals surface area contributed by atoms with Crippen molar-refractivity contribution in [2.45, 2.75) is 6.61 Å². The molecular weight excluding hydrogens is 199 g/mol. The minimum absolute atomic E-state index is 0. The molecule has 0 spiro atoms. The number of hydrogen-bond acceptors (Lipinski definition) is 4. The Kier molecular flexibility index (Phi) is 4.50. The number of pyridine rings is 2. The Balaban J connectivity index is 0.00000128. The number of rotatable bonds is 2. The first-order chi connectivity index (χ1) is 7.29. The Morgan fingerprint density at radius 3 is 2.25 bits per heavy atom. The Bertz CT molecular complexity index is 477. The van der Waals surface area contributed by atoms with E-state index in [9.17, 15) is 5.11 Å². The molecule has 2 aromatic heterocycles. The third kappa shape index (κ3) is 2.83. The molecule has 0 amide bonds. The molecule has 2 aromatic rings. The van der Waals surface area contributed by atoms with Gasteiger partial charge in [-0.1, -0.05) is 18.2 Å². The fourth-order valence-corrected chi connectivity index (χ4v) is 1.27. The molecular formula is C11H9LiN2O2. The Morgan fingerprint density at radius 2 is 1.62 bits per heavy atom. The average molecular weight is 208 g/mol. The summed E-state index contributed by atoms with van der Waals surface area (Å²) in [5.41, 5.74) is 1.68. The summed E-state index contributed by atoms with van der Waals surface area (Å²) in [6.07, 6.45) is 0. The van der Waals surface area contributed by atoms with Gasteiger partial charge in [0.2, 0.25) is 0 Å². The molecule has 0 aliphatic rings. The molecule has 16 heavy (non-hydrogen) atoms. The van der Waals surface area contributed by atoms with Crippen LogP contribution in [0, 0.1) is 0 Å². The molecule has 0 saturated carbocycles. The summed E-state index contributed by atoms with van der Waals surface area (Å²) in [5.74, 6) is -0.288. The molecule has 0 atom stereocenters. The quantitative estimate of drug-likeness (QED) is 0.564. The van der Waals surface area contributed by atoms with Gasteiger partial charge < -0.3 is 10.2 Å². The van der Waals surface area contributed by atoms with Crippen LogP contribution in [0.25, 0.3) is 11.4 Å². The van der Waals surface area contributed by atoms with Crippen molar-refractivity contribution in [1.29, 1.82) is 0 Å². The van der Waals surface area contributed by atoms with Gasteiger partial charge in [-0.05, 0) is 24.1 Å². The van der Waals surface area contributed by atoms with E-state index < -0.39 is 0 Å². The van der Waals surface area contributed by atoms with Gasteiger partial charge in [0.1, 0.15) is 0 Å². The SMILES string of the molecule is [Li+].[O-]c1cccc(-c2cccc(CO)n2)n1. The molecule has 76 valence electrons. The van der Waals surface area contributed by atoms with Crippen LogP contribution >= 0.6 is 0 Å². The van der Waals surface area contributed by atoms with Crippen molar-refractivity contribution in [3.63, 3.8) is 0 Å². The second-order valence-electron chi connectivity index (χ2n) is 3.03. The van der Waals surface area contributed by atoms with Gasteiger partial charge in [-0.3, -0.25) is 4.98 Å². The van der Waals surface area contributed by atoms with E-state index in [1.54, 1.807) is 30.3 Å². The zero-order chi connectivity index (χ0) is 10.7. The fourth-order valence-electron chi connectivity index (χ4n) is 1.27. The molecule has 0 saturated heterocycles. The molecule has 0 aromatic carbocycles. The van der Waals surface area contributed by atoms with Gasteiger partial charge >= 0.3 is 18.9 Å². The summed E-state index contributed by atoms with van der Waals surface area (Å²) in [7, 11) is 0. The van der Waals surface area contributed by atoms with Crippen molar-refractivity contribution in [1.82, 2.24) is 9.97 Å². The maximum absolute atomic E-state index is 11.0. The average Bonchev–Trinajstić information content (AvgIpc) is 2.29. The summed E-state index contributed by atoms with van der Waals surface area (Å²) in [6, 6.07) is 9.97. The van der Waals surface area contributed by atoms with E-state index in [0.29, 0.717) is 17.1 Å². The van der Waals surface area contributed by atoms with Crippen molar-refractivity contribution in [2.24, 2.45) is 0 Å². The molecule has 5 heteroatoms. The van der Waals surface area contributed by atoms with E-state index in [2.05, 4.69) is 9.97 Å². The van der Waals surface area contributed by atoms with Crippen molar-refractivity contribution >= 4 is 0 Å². The first kappa shape index (κ1) is 12.7. The van der Waals surface area contributed by atoms with Crippen LogP contribution in [0.3, 0.4) is 0 Å². The predicted molar refractivity (Wildman–Crippen MR) is 52.8 cm³/mol. The number of nitrogens with zero attached hydrogens (tertiary/aromatic N) is 2. The Hall–Kier alpha value is -1.34. The van der Waals surface area contributed by atoms with E-state index in [0.717, 1.165) is 0 Å². The molecule has 2 rings (SSSR count). The summed E-state index contributed by atoms with van der Waals surface area (Å²) >= 11 is 0. The van der Waals surface area contributed by atoms with Crippen LogP contribution < -0.4 is 24.0 Å². The maximum atomic E-state index is 11.0. The van der Waals surface area contributed by atoms with Crippen LogP contribution in [0.2, 0.25) is 0 Å². The van der Waals surface area contributed by atoms with Crippen molar-refractivity contribution in [3.8, 4) is 17.3 Å². The van der Waals surface area contributed by atoms with Crippen LogP contribution in [0.4, 0.5) is 0 Å². The first-order valence-electron chi connectivity index (χ1n) is 4.51. The first-order valence-corrected chi connectivity index (χ1v) is 4.51. The van der Waals surface area contributed by atoms with Gasteiger partial charge in [0.15, 0.2) is 0 Å². The number of aliphatic hydroxyl groups is 1. The molecule has 0 bridgehead atoms. The van der Waals surface area contributed by atoms with E-state index in [4.69, 9.17) is 5.11 Å². The molecule has 0 aliphatic heterocycles. The largest absolute Gasteiger partial charge is 1.00 e. The summed E-state index contributed by atoms with van der Waals surface area (Å²) in [6.45, 7) is -0.120. The summed E-state index contributed by atoms with van der Waals surface area (Å²) < 4.78 is 0. The maximum Gasteiger partial charge on any atom is 1.00 e. The van der Waals surface area contributed by atoms with E-state index >= 15 is 0 Å². The third-order valence-corrected chi connectivity index (χ3v) is 1.95. The molecule has 0 radical (unpaired) electrons. The van der Waals surface area contributed by atoms with Crippen molar-refractivity contribution < 1.29 is 29.1 Å². The van der Waals surface area contributed by atoms with E-state index in [-0.39, 0.29) is 31.3 Å². The van der Waals surface area contributed by atoms with Gasteiger partial charge in [-0.2, -0.15) is 0 Å². The predicted octanol–water partition coefficient (Wildman–Crippen LogP) is -2.29. The Morgan fingerprint density at radius 1 is 1.00 bits per heavy atom. The van der Waals surface area contributed by atoms with Crippen LogP contribution in [-0.2, 0) is 6.61 Å². The van der Waals surface area contributed by atoms with Crippen molar-refractivity contribution in [2.75, 3.05) is 0 Å². The van der Waals surface area contributed by atoms with Gasteiger partial charge in [0.25, 0.3) is 0 Å². The number of aliphatic hydroxyl groups excluding tert-OH is 1. The van der Waals surface area contributed by atoms with Gasteiger partial charge in [0, 0.05) is 0 Å². The third-order valence-electron chi connectivity index (χ3n) is 1.95. The van der Waals surface area contributed by atoms with Crippen LogP contribution in [-0.4, -0.2) is 15.1 Å². The monoisotopic (exact) mass is 208 g/mol. The van der Waals surface area contributed by atoms with Crippen molar-refractivity contribution in [3.05, 3.63) is 42.1 Å². The molecule has 2 heterocycles. The summed E-state index contributed by atoms with van der Waals surface area (Å²) in [5, 5.41) is 19.9. The number of aromatic nitrogens is 2. The molecule has 0 aliphatic carbocycles. The fraction of sp³-hybridized carbons (Fsp3) is 0.0909. The van der Waals surface area contributed by atoms with Crippen LogP contribution in [0.15, 0.2) is 36.4 Å². The minimum Gasteiger partial charge on any atom is -0.859 e. The standard InChI is InChI=1S/C11H10N2O2.Li/c14-7-8-3-1-4-9(12-8)10-5-2-6-11(15)13-10;/h1-6,14H,7H2,(H,13,15);/q;+1/p-1. The zero-order valence-electron chi connectivity index (χ0n) is 8.92. The van der Waals surface area contributed by atoms with Gasteiger partial charge in [0.05, 0.1) is 23.7 Å². The normalized spacial score (nSPS) is 9.56.